The van der Waals surface area contributed by atoms with Gasteiger partial charge in [-0.3, -0.25) is 4.79 Å². The van der Waals surface area contributed by atoms with E-state index in [4.69, 9.17) is 19.1 Å². The molecule has 0 bridgehead atoms. The zero-order chi connectivity index (χ0) is 22.1. The van der Waals surface area contributed by atoms with Crippen LogP contribution < -0.4 is 10.2 Å². The van der Waals surface area contributed by atoms with Crippen LogP contribution in [0, 0.1) is 0 Å². The number of carbonyl (C=O) groups excluding carboxylic acids is 1. The molecule has 164 valence electrons. The first-order chi connectivity index (χ1) is 15.1. The number of rotatable bonds is 11. The summed E-state index contributed by atoms with van der Waals surface area (Å²) >= 11 is 1.49. The number of aromatic nitrogens is 2. The number of hydrogen-bond donors (Lipinski definition) is 1. The third-order valence-corrected chi connectivity index (χ3v) is 5.54. The molecular weight excluding hydrogens is 412 g/mol. The van der Waals surface area contributed by atoms with Gasteiger partial charge in [0.1, 0.15) is 11.6 Å². The van der Waals surface area contributed by atoms with E-state index >= 15 is 0 Å². The highest BCUT2D eigenvalue weighted by Gasteiger charge is 2.14. The van der Waals surface area contributed by atoms with Crippen molar-refractivity contribution in [3.63, 3.8) is 0 Å². The summed E-state index contributed by atoms with van der Waals surface area (Å²) in [6.45, 7) is 6.86. The Morgan fingerprint density at radius 2 is 1.90 bits per heavy atom. The second kappa shape index (κ2) is 11.5. The molecule has 1 aromatic carbocycles. The molecule has 1 amide bonds. The summed E-state index contributed by atoms with van der Waals surface area (Å²) in [7, 11) is 1.59. The number of hydrogen-bond acceptors (Lipinski definition) is 7. The van der Waals surface area contributed by atoms with Crippen LogP contribution in [-0.4, -0.2) is 49.2 Å². The molecule has 0 radical (unpaired) electrons. The number of nitrogens with zero attached hydrogens (tertiary/aromatic N) is 3. The molecule has 0 aliphatic heterocycles. The lowest BCUT2D eigenvalue weighted by molar-refractivity contribution is 0.0908. The van der Waals surface area contributed by atoms with Gasteiger partial charge in [-0.25, -0.2) is 9.97 Å². The maximum atomic E-state index is 12.1. The van der Waals surface area contributed by atoms with Gasteiger partial charge in [0, 0.05) is 38.4 Å². The normalized spacial score (nSPS) is 10.8. The third-order valence-electron chi connectivity index (χ3n) is 4.67. The number of benzene rings is 1. The van der Waals surface area contributed by atoms with Crippen molar-refractivity contribution in [3.8, 4) is 11.3 Å². The summed E-state index contributed by atoms with van der Waals surface area (Å²) in [5.41, 5.74) is 1.94. The monoisotopic (exact) mass is 440 g/mol. The maximum absolute atomic E-state index is 12.1. The van der Waals surface area contributed by atoms with E-state index in [1.165, 1.54) is 11.8 Å². The van der Waals surface area contributed by atoms with E-state index in [0.29, 0.717) is 29.8 Å². The third kappa shape index (κ3) is 6.32. The quantitative estimate of drug-likeness (QED) is 0.271. The van der Waals surface area contributed by atoms with Crippen LogP contribution in [0.15, 0.2) is 58.1 Å². The Balaban J connectivity index is 1.75. The molecule has 2 aromatic heterocycles. The van der Waals surface area contributed by atoms with Crippen molar-refractivity contribution in [1.29, 1.82) is 0 Å². The number of thioether (sulfide) groups is 1. The second-order valence-corrected chi connectivity index (χ2v) is 7.68. The summed E-state index contributed by atoms with van der Waals surface area (Å²) in [6.07, 6.45) is 0. The van der Waals surface area contributed by atoms with Gasteiger partial charge >= 0.3 is 0 Å². The molecule has 2 heterocycles. The van der Waals surface area contributed by atoms with Crippen molar-refractivity contribution in [2.75, 3.05) is 38.3 Å². The zero-order valence-corrected chi connectivity index (χ0v) is 18.9. The molecule has 1 N–H and O–H groups in total. The van der Waals surface area contributed by atoms with Crippen LogP contribution in [0.3, 0.4) is 0 Å². The van der Waals surface area contributed by atoms with Crippen molar-refractivity contribution in [2.45, 2.75) is 24.8 Å². The number of ether oxygens (including phenoxy) is 1. The molecule has 3 aromatic rings. The molecule has 3 rings (SSSR count). The Bertz CT molecular complexity index is 974. The SMILES string of the molecule is CCN(CC)c1cc(-c2ccccc2)nc(SCc2ccc(C(=O)NCCOC)o2)n1. The first kappa shape index (κ1) is 22.8. The van der Waals surface area contributed by atoms with E-state index in [-0.39, 0.29) is 11.7 Å². The zero-order valence-electron chi connectivity index (χ0n) is 18.1. The predicted octanol–water partition coefficient (Wildman–Crippen LogP) is 4.25. The van der Waals surface area contributed by atoms with Gasteiger partial charge in [0.2, 0.25) is 0 Å². The lowest BCUT2D eigenvalue weighted by atomic mass is 10.1. The summed E-state index contributed by atoms with van der Waals surface area (Å²) in [6, 6.07) is 15.6. The van der Waals surface area contributed by atoms with E-state index < -0.39 is 0 Å². The minimum Gasteiger partial charge on any atom is -0.455 e. The molecule has 0 atom stereocenters. The van der Waals surface area contributed by atoms with Gasteiger partial charge in [0.05, 0.1) is 18.1 Å². The van der Waals surface area contributed by atoms with Gasteiger partial charge in [0.15, 0.2) is 10.9 Å². The average molecular weight is 441 g/mol. The molecule has 0 saturated heterocycles. The van der Waals surface area contributed by atoms with Crippen LogP contribution in [0.2, 0.25) is 0 Å². The van der Waals surface area contributed by atoms with E-state index in [2.05, 4.69) is 24.1 Å². The highest BCUT2D eigenvalue weighted by Crippen LogP contribution is 2.27. The Hall–Kier alpha value is -2.84. The summed E-state index contributed by atoms with van der Waals surface area (Å²) in [4.78, 5) is 23.8. The Kier molecular flexibility index (Phi) is 8.49. The van der Waals surface area contributed by atoms with Crippen LogP contribution in [-0.2, 0) is 10.5 Å². The van der Waals surface area contributed by atoms with Crippen molar-refractivity contribution < 1.29 is 13.9 Å². The van der Waals surface area contributed by atoms with Crippen LogP contribution in [0.1, 0.15) is 30.2 Å². The molecule has 0 aliphatic carbocycles. The molecule has 31 heavy (non-hydrogen) atoms. The highest BCUT2D eigenvalue weighted by atomic mass is 32.2. The molecule has 7 nitrogen and oxygen atoms in total. The van der Waals surface area contributed by atoms with Crippen molar-refractivity contribution in [1.82, 2.24) is 15.3 Å². The Morgan fingerprint density at radius 3 is 2.61 bits per heavy atom. The van der Waals surface area contributed by atoms with Gasteiger partial charge in [-0.2, -0.15) is 0 Å². The molecule has 0 aliphatic rings. The van der Waals surface area contributed by atoms with Gasteiger partial charge < -0.3 is 19.4 Å². The lowest BCUT2D eigenvalue weighted by Crippen LogP contribution is -2.26. The van der Waals surface area contributed by atoms with Crippen molar-refractivity contribution in [2.24, 2.45) is 0 Å². The Morgan fingerprint density at radius 1 is 1.13 bits per heavy atom. The minimum atomic E-state index is -0.251. The van der Waals surface area contributed by atoms with Crippen LogP contribution >= 0.6 is 11.8 Å². The average Bonchev–Trinajstić information content (AvgIpc) is 3.28. The topological polar surface area (TPSA) is 80.5 Å². The van der Waals surface area contributed by atoms with Gasteiger partial charge in [-0.05, 0) is 26.0 Å². The fourth-order valence-corrected chi connectivity index (χ4v) is 3.76. The number of amides is 1. The van der Waals surface area contributed by atoms with Crippen molar-refractivity contribution >= 4 is 23.5 Å². The number of furan rings is 1. The smallest absolute Gasteiger partial charge is 0.287 e. The molecule has 0 spiro atoms. The number of methoxy groups -OCH3 is 1. The largest absolute Gasteiger partial charge is 0.455 e. The van der Waals surface area contributed by atoms with E-state index in [0.717, 1.165) is 30.2 Å². The van der Waals surface area contributed by atoms with Gasteiger partial charge in [-0.15, -0.1) is 0 Å². The molecule has 0 unspecified atom stereocenters. The van der Waals surface area contributed by atoms with Gasteiger partial charge in [-0.1, -0.05) is 42.1 Å². The maximum Gasteiger partial charge on any atom is 0.287 e. The number of nitrogens with one attached hydrogen (secondary N) is 1. The fourth-order valence-electron chi connectivity index (χ4n) is 3.01. The van der Waals surface area contributed by atoms with Gasteiger partial charge in [0.25, 0.3) is 5.91 Å². The first-order valence-corrected chi connectivity index (χ1v) is 11.3. The standard InChI is InChI=1S/C23H28N4O3S/c1-4-27(5-2)21-15-19(17-9-7-6-8-10-17)25-23(26-21)31-16-18-11-12-20(30-18)22(28)24-13-14-29-3/h6-12,15H,4-5,13-14,16H2,1-3H3,(H,24,28). The minimum absolute atomic E-state index is 0.251. The number of anilines is 1. The lowest BCUT2D eigenvalue weighted by Gasteiger charge is -2.20. The van der Waals surface area contributed by atoms with Crippen molar-refractivity contribution in [3.05, 3.63) is 60.1 Å². The molecule has 0 fully saturated rings. The highest BCUT2D eigenvalue weighted by molar-refractivity contribution is 7.98. The van der Waals surface area contributed by atoms with Crippen LogP contribution in [0.4, 0.5) is 5.82 Å². The fraction of sp³-hybridized carbons (Fsp3) is 0.348. The predicted molar refractivity (Wildman–Crippen MR) is 124 cm³/mol. The Labute approximate surface area is 187 Å². The van der Waals surface area contributed by atoms with E-state index in [1.807, 2.05) is 42.5 Å². The first-order valence-electron chi connectivity index (χ1n) is 10.3. The van der Waals surface area contributed by atoms with E-state index in [9.17, 15) is 4.79 Å². The number of carbonyl (C=O) groups is 1. The van der Waals surface area contributed by atoms with Crippen LogP contribution in [0.5, 0.6) is 0 Å². The summed E-state index contributed by atoms with van der Waals surface area (Å²) in [5.74, 6) is 2.16. The van der Waals surface area contributed by atoms with Crippen LogP contribution in [0.25, 0.3) is 11.3 Å². The molecule has 8 heteroatoms. The molecule has 0 saturated carbocycles. The summed E-state index contributed by atoms with van der Waals surface area (Å²) < 4.78 is 10.6. The second-order valence-electron chi connectivity index (χ2n) is 6.74. The summed E-state index contributed by atoms with van der Waals surface area (Å²) in [5, 5.41) is 3.42. The molecular formula is C23H28N4O3S. The van der Waals surface area contributed by atoms with E-state index in [1.54, 1.807) is 13.2 Å².